The standard InChI is InChI=1S/C11H23NO3S/c1-6-16(14,15)9-7-8-10(13)11(2,3)12(4)5/h6-9H2,1-5H3. The smallest absolute Gasteiger partial charge is 0.152 e. The SMILES string of the molecule is CCS(=O)(=O)CCCC(=O)C(C)(C)N(C)C. The summed E-state index contributed by atoms with van der Waals surface area (Å²) in [6.07, 6.45) is 0.747. The summed E-state index contributed by atoms with van der Waals surface area (Å²) in [6.45, 7) is 5.33. The maximum atomic E-state index is 11.8. The van der Waals surface area contributed by atoms with Gasteiger partial charge in [-0.05, 0) is 34.4 Å². The van der Waals surface area contributed by atoms with Gasteiger partial charge in [0.05, 0.1) is 11.3 Å². The van der Waals surface area contributed by atoms with Crippen LogP contribution in [-0.2, 0) is 14.6 Å². The number of hydrogen-bond acceptors (Lipinski definition) is 4. The molecular formula is C11H23NO3S. The van der Waals surface area contributed by atoms with Crippen LogP contribution in [0.15, 0.2) is 0 Å². The fraction of sp³-hybridized carbons (Fsp3) is 0.909. The van der Waals surface area contributed by atoms with Crippen LogP contribution in [0.1, 0.15) is 33.6 Å². The molecule has 5 heteroatoms. The van der Waals surface area contributed by atoms with E-state index in [1.54, 1.807) is 6.92 Å². The molecule has 0 aliphatic rings. The molecule has 0 aromatic heterocycles. The van der Waals surface area contributed by atoms with Crippen LogP contribution in [0, 0.1) is 0 Å². The van der Waals surface area contributed by atoms with Gasteiger partial charge in [0.15, 0.2) is 5.78 Å². The number of carbonyl (C=O) groups excluding carboxylic acids is 1. The number of rotatable bonds is 7. The molecule has 0 amide bonds. The summed E-state index contributed by atoms with van der Waals surface area (Å²) in [5.41, 5.74) is -0.518. The predicted molar refractivity (Wildman–Crippen MR) is 66.3 cm³/mol. The first-order valence-corrected chi connectivity index (χ1v) is 7.36. The molecule has 0 N–H and O–H groups in total. The number of nitrogens with zero attached hydrogens (tertiary/aromatic N) is 1. The lowest BCUT2D eigenvalue weighted by Gasteiger charge is -2.30. The van der Waals surface area contributed by atoms with Gasteiger partial charge in [-0.3, -0.25) is 9.69 Å². The van der Waals surface area contributed by atoms with E-state index in [9.17, 15) is 13.2 Å². The number of likely N-dealkylation sites (N-methyl/N-ethyl adjacent to an activating group) is 1. The number of hydrogen-bond donors (Lipinski definition) is 0. The number of Topliss-reactive ketones (excluding diaryl/α,β-unsaturated/α-hetero) is 1. The van der Waals surface area contributed by atoms with Crippen LogP contribution in [0.25, 0.3) is 0 Å². The van der Waals surface area contributed by atoms with E-state index in [4.69, 9.17) is 0 Å². The van der Waals surface area contributed by atoms with Crippen molar-refractivity contribution in [1.82, 2.24) is 4.90 Å². The minimum absolute atomic E-state index is 0.0869. The summed E-state index contributed by atoms with van der Waals surface area (Å²) >= 11 is 0. The van der Waals surface area contributed by atoms with Crippen molar-refractivity contribution in [2.24, 2.45) is 0 Å². The predicted octanol–water partition coefficient (Wildman–Crippen LogP) is 1.11. The molecule has 96 valence electrons. The first-order chi connectivity index (χ1) is 7.13. The van der Waals surface area contributed by atoms with Crippen LogP contribution in [0.3, 0.4) is 0 Å². The highest BCUT2D eigenvalue weighted by Crippen LogP contribution is 2.15. The third-order valence-electron chi connectivity index (χ3n) is 3.10. The summed E-state index contributed by atoms with van der Waals surface area (Å²) in [5, 5.41) is 0. The Balaban J connectivity index is 4.20. The fourth-order valence-electron chi connectivity index (χ4n) is 1.15. The average Bonchev–Trinajstić information content (AvgIpc) is 2.17. The zero-order chi connectivity index (χ0) is 13.0. The summed E-state index contributed by atoms with van der Waals surface area (Å²) in [4.78, 5) is 13.7. The Labute approximate surface area is 98.9 Å². The molecule has 0 fully saturated rings. The zero-order valence-corrected chi connectivity index (χ0v) is 11.7. The third-order valence-corrected chi connectivity index (χ3v) is 4.89. The highest BCUT2D eigenvalue weighted by molar-refractivity contribution is 7.91. The quantitative estimate of drug-likeness (QED) is 0.678. The third kappa shape index (κ3) is 4.61. The Morgan fingerprint density at radius 1 is 1.25 bits per heavy atom. The van der Waals surface area contributed by atoms with Gasteiger partial charge in [0.25, 0.3) is 0 Å². The van der Waals surface area contributed by atoms with Crippen molar-refractivity contribution >= 4 is 15.6 Å². The first-order valence-electron chi connectivity index (χ1n) is 5.54. The Morgan fingerprint density at radius 3 is 2.12 bits per heavy atom. The Morgan fingerprint density at radius 2 is 1.75 bits per heavy atom. The molecule has 0 aromatic carbocycles. The maximum absolute atomic E-state index is 11.8. The highest BCUT2D eigenvalue weighted by atomic mass is 32.2. The molecule has 16 heavy (non-hydrogen) atoms. The van der Waals surface area contributed by atoms with E-state index in [2.05, 4.69) is 0 Å². The van der Waals surface area contributed by atoms with Crippen molar-refractivity contribution in [1.29, 1.82) is 0 Å². The van der Waals surface area contributed by atoms with Crippen LogP contribution in [0.4, 0.5) is 0 Å². The van der Waals surface area contributed by atoms with Crippen molar-refractivity contribution in [3.05, 3.63) is 0 Å². The normalized spacial score (nSPS) is 13.1. The summed E-state index contributed by atoms with van der Waals surface area (Å²) < 4.78 is 22.5. The van der Waals surface area contributed by atoms with Gasteiger partial charge in [-0.15, -0.1) is 0 Å². The molecule has 0 aromatic rings. The average molecular weight is 249 g/mol. The van der Waals surface area contributed by atoms with Crippen molar-refractivity contribution in [2.75, 3.05) is 25.6 Å². The van der Waals surface area contributed by atoms with E-state index in [0.29, 0.717) is 12.8 Å². The highest BCUT2D eigenvalue weighted by Gasteiger charge is 2.29. The van der Waals surface area contributed by atoms with E-state index in [0.717, 1.165) is 0 Å². The van der Waals surface area contributed by atoms with E-state index in [1.165, 1.54) is 0 Å². The lowest BCUT2D eigenvalue weighted by Crippen LogP contribution is -2.45. The molecule has 0 saturated heterocycles. The van der Waals surface area contributed by atoms with Crippen LogP contribution in [0.5, 0.6) is 0 Å². The Bertz CT molecular complexity index is 331. The van der Waals surface area contributed by atoms with Crippen LogP contribution >= 0.6 is 0 Å². The van der Waals surface area contributed by atoms with Crippen LogP contribution in [0.2, 0.25) is 0 Å². The van der Waals surface area contributed by atoms with Crippen molar-refractivity contribution in [3.63, 3.8) is 0 Å². The summed E-state index contributed by atoms with van der Waals surface area (Å²) in [5.74, 6) is 0.348. The first kappa shape index (κ1) is 15.6. The topological polar surface area (TPSA) is 54.5 Å². The second kappa shape index (κ2) is 5.77. The minimum atomic E-state index is -2.95. The molecule has 0 unspecified atom stereocenters. The second-order valence-corrected chi connectivity index (χ2v) is 7.19. The molecule has 0 bridgehead atoms. The lowest BCUT2D eigenvalue weighted by atomic mass is 9.94. The van der Waals surface area contributed by atoms with Gasteiger partial charge in [0.1, 0.15) is 9.84 Å². The molecule has 0 atom stereocenters. The van der Waals surface area contributed by atoms with E-state index >= 15 is 0 Å². The van der Waals surface area contributed by atoms with Gasteiger partial charge >= 0.3 is 0 Å². The number of sulfone groups is 1. The summed E-state index contributed by atoms with van der Waals surface area (Å²) in [6, 6.07) is 0. The fourth-order valence-corrected chi connectivity index (χ4v) is 2.03. The van der Waals surface area contributed by atoms with Gasteiger partial charge in [-0.1, -0.05) is 6.92 Å². The largest absolute Gasteiger partial charge is 0.298 e. The van der Waals surface area contributed by atoms with Gasteiger partial charge in [-0.2, -0.15) is 0 Å². The summed E-state index contributed by atoms with van der Waals surface area (Å²) in [7, 11) is 0.749. The molecular weight excluding hydrogens is 226 g/mol. The lowest BCUT2D eigenvalue weighted by molar-refractivity contribution is -0.127. The van der Waals surface area contributed by atoms with Gasteiger partial charge in [-0.25, -0.2) is 8.42 Å². The maximum Gasteiger partial charge on any atom is 0.152 e. The van der Waals surface area contributed by atoms with Gasteiger partial charge in [0, 0.05) is 12.2 Å². The molecule has 0 aliphatic heterocycles. The van der Waals surface area contributed by atoms with E-state index in [-0.39, 0.29) is 17.3 Å². The van der Waals surface area contributed by atoms with E-state index in [1.807, 2.05) is 32.8 Å². The molecule has 4 nitrogen and oxygen atoms in total. The van der Waals surface area contributed by atoms with E-state index < -0.39 is 15.4 Å². The molecule has 0 spiro atoms. The van der Waals surface area contributed by atoms with Gasteiger partial charge < -0.3 is 0 Å². The van der Waals surface area contributed by atoms with Crippen molar-refractivity contribution in [3.8, 4) is 0 Å². The van der Waals surface area contributed by atoms with Gasteiger partial charge in [0.2, 0.25) is 0 Å². The van der Waals surface area contributed by atoms with Crippen molar-refractivity contribution in [2.45, 2.75) is 39.2 Å². The van der Waals surface area contributed by atoms with Crippen LogP contribution < -0.4 is 0 Å². The molecule has 0 aliphatic carbocycles. The molecule has 0 radical (unpaired) electrons. The molecule has 0 rings (SSSR count). The minimum Gasteiger partial charge on any atom is -0.298 e. The zero-order valence-electron chi connectivity index (χ0n) is 10.9. The van der Waals surface area contributed by atoms with Crippen LogP contribution in [-0.4, -0.2) is 50.2 Å². The number of carbonyl (C=O) groups is 1. The molecule has 0 saturated carbocycles. The second-order valence-electron chi connectivity index (χ2n) is 4.72. The van der Waals surface area contributed by atoms with Crippen molar-refractivity contribution < 1.29 is 13.2 Å². The monoisotopic (exact) mass is 249 g/mol. The number of ketones is 1. The Kier molecular flexibility index (Phi) is 5.62. The Hall–Kier alpha value is -0.420. The molecule has 0 heterocycles.